The second-order valence-electron chi connectivity index (χ2n) is 5.14. The van der Waals surface area contributed by atoms with Gasteiger partial charge in [-0.05, 0) is 51.8 Å². The minimum Gasteiger partial charge on any atom is -0.248 e. The van der Waals surface area contributed by atoms with Gasteiger partial charge in [-0.25, -0.2) is 4.99 Å². The van der Waals surface area contributed by atoms with Crippen LogP contribution in [-0.4, -0.2) is 5.71 Å². The fourth-order valence-electron chi connectivity index (χ4n) is 2.39. The Morgan fingerprint density at radius 1 is 1.17 bits per heavy atom. The maximum atomic E-state index is 4.74. The highest BCUT2D eigenvalue weighted by atomic mass is 14.8. The monoisotopic (exact) mass is 239 g/mol. The molecule has 18 heavy (non-hydrogen) atoms. The van der Waals surface area contributed by atoms with Gasteiger partial charge in [-0.2, -0.15) is 0 Å². The van der Waals surface area contributed by atoms with E-state index in [1.807, 2.05) is 0 Å². The summed E-state index contributed by atoms with van der Waals surface area (Å²) in [4.78, 5) is 4.74. The van der Waals surface area contributed by atoms with Crippen LogP contribution in [0.3, 0.4) is 0 Å². The molecule has 2 rings (SSSR count). The van der Waals surface area contributed by atoms with Crippen LogP contribution in [0.25, 0.3) is 0 Å². The zero-order chi connectivity index (χ0) is 13.3. The zero-order valence-corrected chi connectivity index (χ0v) is 12.0. The molecule has 94 valence electrons. The lowest BCUT2D eigenvalue weighted by atomic mass is 9.94. The van der Waals surface area contributed by atoms with E-state index in [2.05, 4.69) is 58.9 Å². The first-order chi connectivity index (χ1) is 8.54. The molecule has 0 spiro atoms. The van der Waals surface area contributed by atoms with E-state index in [9.17, 15) is 0 Å². The van der Waals surface area contributed by atoms with Crippen LogP contribution in [0, 0.1) is 0 Å². The van der Waals surface area contributed by atoms with Crippen molar-refractivity contribution in [1.29, 1.82) is 0 Å². The van der Waals surface area contributed by atoms with Gasteiger partial charge in [0.25, 0.3) is 0 Å². The van der Waals surface area contributed by atoms with Crippen LogP contribution >= 0.6 is 0 Å². The highest BCUT2D eigenvalue weighted by molar-refractivity contribution is 6.15. The molecule has 0 fully saturated rings. The molecular weight excluding hydrogens is 218 g/mol. The molecule has 1 aliphatic carbocycles. The van der Waals surface area contributed by atoms with E-state index < -0.39 is 0 Å². The van der Waals surface area contributed by atoms with Crippen molar-refractivity contribution in [2.24, 2.45) is 4.99 Å². The number of aliphatic imine (C=N–C) groups is 1. The SMILES string of the molecule is CCC(C)=C(C)C(C1=CC2=CC=CC2=N1)=C(C)C. The Kier molecular flexibility index (Phi) is 3.51. The van der Waals surface area contributed by atoms with Crippen molar-refractivity contribution in [3.63, 3.8) is 0 Å². The topological polar surface area (TPSA) is 12.4 Å². The van der Waals surface area contributed by atoms with E-state index >= 15 is 0 Å². The largest absolute Gasteiger partial charge is 0.248 e. The summed E-state index contributed by atoms with van der Waals surface area (Å²) in [7, 11) is 0. The fourth-order valence-corrected chi connectivity index (χ4v) is 2.39. The van der Waals surface area contributed by atoms with Gasteiger partial charge in [-0.1, -0.05) is 30.2 Å². The van der Waals surface area contributed by atoms with E-state index in [0.29, 0.717) is 0 Å². The summed E-state index contributed by atoms with van der Waals surface area (Å²) in [6, 6.07) is 0. The van der Waals surface area contributed by atoms with Crippen molar-refractivity contribution in [2.45, 2.75) is 41.0 Å². The highest BCUT2D eigenvalue weighted by Crippen LogP contribution is 2.33. The average molecular weight is 239 g/mol. The van der Waals surface area contributed by atoms with Crippen molar-refractivity contribution in [2.75, 3.05) is 0 Å². The second kappa shape index (κ2) is 4.93. The predicted octanol–water partition coefficient (Wildman–Crippen LogP) is 4.90. The summed E-state index contributed by atoms with van der Waals surface area (Å²) >= 11 is 0. The Hall–Kier alpha value is -1.63. The summed E-state index contributed by atoms with van der Waals surface area (Å²) in [5.74, 6) is 0. The molecule has 0 bridgehead atoms. The Labute approximate surface area is 110 Å². The van der Waals surface area contributed by atoms with Crippen LogP contribution < -0.4 is 0 Å². The van der Waals surface area contributed by atoms with Crippen molar-refractivity contribution in [3.8, 4) is 0 Å². The molecule has 0 saturated heterocycles. The predicted molar refractivity (Wildman–Crippen MR) is 79.8 cm³/mol. The van der Waals surface area contributed by atoms with Crippen LogP contribution in [0.5, 0.6) is 0 Å². The first kappa shape index (κ1) is 12.8. The summed E-state index contributed by atoms with van der Waals surface area (Å²) < 4.78 is 0. The van der Waals surface area contributed by atoms with Gasteiger partial charge in [0.05, 0.1) is 11.4 Å². The van der Waals surface area contributed by atoms with Gasteiger partial charge in [-0.15, -0.1) is 0 Å². The molecule has 0 saturated carbocycles. The van der Waals surface area contributed by atoms with Gasteiger partial charge >= 0.3 is 0 Å². The van der Waals surface area contributed by atoms with Crippen LogP contribution in [0.2, 0.25) is 0 Å². The Balaban J connectivity index is 2.46. The van der Waals surface area contributed by atoms with Crippen LogP contribution in [0.15, 0.2) is 62.9 Å². The van der Waals surface area contributed by atoms with Gasteiger partial charge in [-0.3, -0.25) is 0 Å². The number of allylic oxidation sites excluding steroid dienone is 8. The molecule has 0 atom stereocenters. The maximum absolute atomic E-state index is 4.74. The highest BCUT2D eigenvalue weighted by Gasteiger charge is 2.19. The standard InChI is InChI=1S/C17H21N/c1-6-12(4)13(5)17(11(2)3)16-10-14-8-7-9-15(14)18-16/h7-10H,6H2,1-5H3. The minimum atomic E-state index is 1.09. The fraction of sp³-hybridized carbons (Fsp3) is 0.353. The molecule has 1 nitrogen and oxygen atoms in total. The molecule has 0 amide bonds. The third-order valence-electron chi connectivity index (χ3n) is 3.66. The van der Waals surface area contributed by atoms with Gasteiger partial charge in [0.1, 0.15) is 0 Å². The van der Waals surface area contributed by atoms with Gasteiger partial charge < -0.3 is 0 Å². The molecule has 0 aromatic heterocycles. The number of fused-ring (bicyclic) bond motifs is 1. The maximum Gasteiger partial charge on any atom is 0.0718 e. The van der Waals surface area contributed by atoms with Crippen LogP contribution in [0.4, 0.5) is 0 Å². The lowest BCUT2D eigenvalue weighted by Gasteiger charge is -2.13. The molecular formula is C17H21N. The summed E-state index contributed by atoms with van der Waals surface area (Å²) in [5.41, 5.74) is 8.92. The molecule has 0 aromatic rings. The van der Waals surface area contributed by atoms with Crippen molar-refractivity contribution in [1.82, 2.24) is 0 Å². The molecule has 0 radical (unpaired) electrons. The minimum absolute atomic E-state index is 1.09. The average Bonchev–Trinajstić information content (AvgIpc) is 2.88. The van der Waals surface area contributed by atoms with Crippen molar-refractivity contribution < 1.29 is 0 Å². The quantitative estimate of drug-likeness (QED) is 0.621. The lowest BCUT2D eigenvalue weighted by Crippen LogP contribution is -1.95. The van der Waals surface area contributed by atoms with Crippen LogP contribution in [-0.2, 0) is 0 Å². The van der Waals surface area contributed by atoms with Crippen molar-refractivity contribution >= 4 is 5.71 Å². The number of rotatable bonds is 3. The first-order valence-electron chi connectivity index (χ1n) is 6.58. The Morgan fingerprint density at radius 3 is 2.44 bits per heavy atom. The molecule has 1 heterocycles. The molecule has 2 aliphatic rings. The number of hydrogen-bond acceptors (Lipinski definition) is 1. The molecule has 0 N–H and O–H groups in total. The summed E-state index contributed by atoms with van der Waals surface area (Å²) in [6.45, 7) is 11.0. The Bertz CT molecular complexity index is 556. The molecule has 1 heteroatoms. The third kappa shape index (κ3) is 2.17. The lowest BCUT2D eigenvalue weighted by molar-refractivity contribution is 1.05. The van der Waals surface area contributed by atoms with E-state index in [4.69, 9.17) is 4.99 Å². The molecule has 0 unspecified atom stereocenters. The molecule has 1 aliphatic heterocycles. The second-order valence-corrected chi connectivity index (χ2v) is 5.14. The van der Waals surface area contributed by atoms with E-state index in [1.54, 1.807) is 0 Å². The first-order valence-corrected chi connectivity index (χ1v) is 6.58. The molecule has 0 aromatic carbocycles. The van der Waals surface area contributed by atoms with E-state index in [1.165, 1.54) is 27.9 Å². The van der Waals surface area contributed by atoms with Crippen LogP contribution in [0.1, 0.15) is 41.0 Å². The van der Waals surface area contributed by atoms with Crippen molar-refractivity contribution in [3.05, 3.63) is 57.9 Å². The van der Waals surface area contributed by atoms with Gasteiger partial charge in [0.2, 0.25) is 0 Å². The van der Waals surface area contributed by atoms with Gasteiger partial charge in [0.15, 0.2) is 0 Å². The van der Waals surface area contributed by atoms with E-state index in [-0.39, 0.29) is 0 Å². The third-order valence-corrected chi connectivity index (χ3v) is 3.66. The van der Waals surface area contributed by atoms with E-state index in [0.717, 1.165) is 17.8 Å². The Morgan fingerprint density at radius 2 is 1.89 bits per heavy atom. The summed E-state index contributed by atoms with van der Waals surface area (Å²) in [6.07, 6.45) is 9.55. The number of nitrogens with zero attached hydrogens (tertiary/aromatic N) is 1. The smallest absolute Gasteiger partial charge is 0.0718 e. The zero-order valence-electron chi connectivity index (χ0n) is 12.0. The normalized spacial score (nSPS) is 17.9. The number of hydrogen-bond donors (Lipinski definition) is 0. The van der Waals surface area contributed by atoms with Gasteiger partial charge in [0, 0.05) is 11.1 Å². The summed E-state index contributed by atoms with van der Waals surface area (Å²) in [5, 5.41) is 0.